The highest BCUT2D eigenvalue weighted by atomic mass is 32.2. The molecular formula is C16H23N3O2S. The Labute approximate surface area is 136 Å². The fourth-order valence-corrected chi connectivity index (χ4v) is 3.01. The molecule has 0 atom stereocenters. The minimum absolute atomic E-state index is 0.00507. The SMILES string of the molecule is CSc1cccc(NC(=O)CN2CCCN(C(C)=O)CC2)c1. The van der Waals surface area contributed by atoms with Gasteiger partial charge in [-0.15, -0.1) is 11.8 Å². The van der Waals surface area contributed by atoms with E-state index < -0.39 is 0 Å². The van der Waals surface area contributed by atoms with Crippen LogP contribution in [0.25, 0.3) is 0 Å². The van der Waals surface area contributed by atoms with Crippen molar-refractivity contribution in [2.24, 2.45) is 0 Å². The number of rotatable bonds is 4. The van der Waals surface area contributed by atoms with Crippen LogP contribution >= 0.6 is 11.8 Å². The average molecular weight is 321 g/mol. The summed E-state index contributed by atoms with van der Waals surface area (Å²) in [5.74, 6) is 0.106. The van der Waals surface area contributed by atoms with Gasteiger partial charge in [-0.1, -0.05) is 6.07 Å². The van der Waals surface area contributed by atoms with Crippen LogP contribution < -0.4 is 5.32 Å². The molecule has 120 valence electrons. The van der Waals surface area contributed by atoms with Crippen LogP contribution in [0.1, 0.15) is 13.3 Å². The minimum Gasteiger partial charge on any atom is -0.342 e. The summed E-state index contributed by atoms with van der Waals surface area (Å²) in [6.07, 6.45) is 2.92. The van der Waals surface area contributed by atoms with Gasteiger partial charge in [-0.25, -0.2) is 0 Å². The maximum absolute atomic E-state index is 12.2. The number of thioether (sulfide) groups is 1. The molecule has 6 heteroatoms. The van der Waals surface area contributed by atoms with Crippen LogP contribution in [0, 0.1) is 0 Å². The predicted molar refractivity (Wildman–Crippen MR) is 90.2 cm³/mol. The largest absolute Gasteiger partial charge is 0.342 e. The van der Waals surface area contributed by atoms with Crippen molar-refractivity contribution in [1.82, 2.24) is 9.80 Å². The van der Waals surface area contributed by atoms with Crippen molar-refractivity contribution < 1.29 is 9.59 Å². The molecule has 1 saturated heterocycles. The second kappa shape index (κ2) is 8.19. The second-order valence-electron chi connectivity index (χ2n) is 5.42. The summed E-state index contributed by atoms with van der Waals surface area (Å²) in [5, 5.41) is 2.94. The van der Waals surface area contributed by atoms with Gasteiger partial charge < -0.3 is 10.2 Å². The molecule has 0 aliphatic carbocycles. The first-order valence-corrected chi connectivity index (χ1v) is 8.73. The van der Waals surface area contributed by atoms with E-state index in [1.54, 1.807) is 18.7 Å². The van der Waals surface area contributed by atoms with Crippen LogP contribution in [0.4, 0.5) is 5.69 Å². The molecule has 2 amide bonds. The highest BCUT2D eigenvalue weighted by Gasteiger charge is 2.18. The van der Waals surface area contributed by atoms with E-state index in [4.69, 9.17) is 0 Å². The third kappa shape index (κ3) is 5.03. The maximum atomic E-state index is 12.2. The lowest BCUT2D eigenvalue weighted by molar-refractivity contribution is -0.128. The molecule has 22 heavy (non-hydrogen) atoms. The molecule has 0 radical (unpaired) electrons. The monoisotopic (exact) mass is 321 g/mol. The molecule has 0 bridgehead atoms. The van der Waals surface area contributed by atoms with Gasteiger partial charge in [0.15, 0.2) is 0 Å². The molecule has 1 aliphatic rings. The fourth-order valence-electron chi connectivity index (χ4n) is 2.55. The van der Waals surface area contributed by atoms with Crippen molar-refractivity contribution in [3.05, 3.63) is 24.3 Å². The Balaban J connectivity index is 1.85. The maximum Gasteiger partial charge on any atom is 0.238 e. The quantitative estimate of drug-likeness (QED) is 0.861. The first-order chi connectivity index (χ1) is 10.6. The normalized spacial score (nSPS) is 16.2. The number of benzene rings is 1. The standard InChI is InChI=1S/C16H23N3O2S/c1-13(20)19-8-4-7-18(9-10-19)12-16(21)17-14-5-3-6-15(11-14)22-2/h3,5-6,11H,4,7-10,12H2,1-2H3,(H,17,21). The van der Waals surface area contributed by atoms with E-state index in [9.17, 15) is 9.59 Å². The Bertz CT molecular complexity index is 536. The van der Waals surface area contributed by atoms with Crippen molar-refractivity contribution in [2.75, 3.05) is 44.3 Å². The second-order valence-corrected chi connectivity index (χ2v) is 6.30. The number of nitrogens with one attached hydrogen (secondary N) is 1. The summed E-state index contributed by atoms with van der Waals surface area (Å²) >= 11 is 1.65. The van der Waals surface area contributed by atoms with Crippen LogP contribution in [0.15, 0.2) is 29.2 Å². The van der Waals surface area contributed by atoms with Crippen molar-refractivity contribution in [3.8, 4) is 0 Å². The molecule has 1 heterocycles. The van der Waals surface area contributed by atoms with Crippen LogP contribution in [-0.2, 0) is 9.59 Å². The van der Waals surface area contributed by atoms with Crippen molar-refractivity contribution in [3.63, 3.8) is 0 Å². The summed E-state index contributed by atoms with van der Waals surface area (Å²) in [6.45, 7) is 5.05. The number of amides is 2. The zero-order chi connectivity index (χ0) is 15.9. The molecule has 0 spiro atoms. The van der Waals surface area contributed by atoms with Gasteiger partial charge in [0.1, 0.15) is 0 Å². The molecule has 1 fully saturated rings. The summed E-state index contributed by atoms with van der Waals surface area (Å²) < 4.78 is 0. The molecule has 0 unspecified atom stereocenters. The Kier molecular flexibility index (Phi) is 6.27. The summed E-state index contributed by atoms with van der Waals surface area (Å²) in [4.78, 5) is 28.7. The van der Waals surface area contributed by atoms with E-state index in [-0.39, 0.29) is 11.8 Å². The van der Waals surface area contributed by atoms with Gasteiger partial charge in [0.25, 0.3) is 0 Å². The molecule has 2 rings (SSSR count). The van der Waals surface area contributed by atoms with Crippen LogP contribution in [0.3, 0.4) is 0 Å². The van der Waals surface area contributed by atoms with E-state index in [0.29, 0.717) is 13.1 Å². The van der Waals surface area contributed by atoms with Gasteiger partial charge in [0, 0.05) is 43.7 Å². The average Bonchev–Trinajstić information content (AvgIpc) is 2.73. The summed E-state index contributed by atoms with van der Waals surface area (Å²) in [7, 11) is 0. The van der Waals surface area contributed by atoms with E-state index in [1.807, 2.05) is 35.4 Å². The van der Waals surface area contributed by atoms with E-state index in [1.165, 1.54) is 0 Å². The number of carbonyl (C=O) groups excluding carboxylic acids is 2. The van der Waals surface area contributed by atoms with Crippen LogP contribution in [-0.4, -0.2) is 60.6 Å². The summed E-state index contributed by atoms with van der Waals surface area (Å²) in [6, 6.07) is 7.84. The van der Waals surface area contributed by atoms with Crippen molar-refractivity contribution in [2.45, 2.75) is 18.2 Å². The topological polar surface area (TPSA) is 52.7 Å². The summed E-state index contributed by atoms with van der Waals surface area (Å²) in [5.41, 5.74) is 0.831. The molecular weight excluding hydrogens is 298 g/mol. The Morgan fingerprint density at radius 1 is 1.23 bits per heavy atom. The van der Waals surface area contributed by atoms with Gasteiger partial charge in [-0.05, 0) is 30.9 Å². The van der Waals surface area contributed by atoms with E-state index in [2.05, 4.69) is 10.2 Å². The minimum atomic E-state index is -0.00507. The van der Waals surface area contributed by atoms with E-state index >= 15 is 0 Å². The van der Waals surface area contributed by atoms with Gasteiger partial charge in [-0.3, -0.25) is 14.5 Å². The first-order valence-electron chi connectivity index (χ1n) is 7.50. The number of anilines is 1. The van der Waals surface area contributed by atoms with Crippen molar-refractivity contribution in [1.29, 1.82) is 0 Å². The number of hydrogen-bond acceptors (Lipinski definition) is 4. The third-order valence-electron chi connectivity index (χ3n) is 3.75. The van der Waals surface area contributed by atoms with Crippen LogP contribution in [0.5, 0.6) is 0 Å². The molecule has 0 aromatic heterocycles. The molecule has 0 saturated carbocycles. The highest BCUT2D eigenvalue weighted by Crippen LogP contribution is 2.18. The molecule has 1 aromatic carbocycles. The van der Waals surface area contributed by atoms with Gasteiger partial charge in [0.2, 0.25) is 11.8 Å². The molecule has 1 aliphatic heterocycles. The Morgan fingerprint density at radius 2 is 2.05 bits per heavy atom. The predicted octanol–water partition coefficient (Wildman–Crippen LogP) is 1.90. The number of carbonyl (C=O) groups is 2. The number of nitrogens with zero attached hydrogens (tertiary/aromatic N) is 2. The first kappa shape index (κ1) is 16.8. The lowest BCUT2D eigenvalue weighted by Crippen LogP contribution is -2.37. The molecule has 5 nitrogen and oxygen atoms in total. The third-order valence-corrected chi connectivity index (χ3v) is 4.48. The zero-order valence-electron chi connectivity index (χ0n) is 13.2. The molecule has 1 aromatic rings. The number of hydrogen-bond donors (Lipinski definition) is 1. The highest BCUT2D eigenvalue weighted by molar-refractivity contribution is 7.98. The lowest BCUT2D eigenvalue weighted by Gasteiger charge is -2.20. The van der Waals surface area contributed by atoms with Gasteiger partial charge in [0.05, 0.1) is 6.54 Å². The van der Waals surface area contributed by atoms with Gasteiger partial charge in [-0.2, -0.15) is 0 Å². The zero-order valence-corrected chi connectivity index (χ0v) is 14.0. The molecule has 1 N–H and O–H groups in total. The van der Waals surface area contributed by atoms with Crippen molar-refractivity contribution >= 4 is 29.3 Å². The Hall–Kier alpha value is -1.53. The smallest absolute Gasteiger partial charge is 0.238 e. The van der Waals surface area contributed by atoms with Gasteiger partial charge >= 0.3 is 0 Å². The lowest BCUT2D eigenvalue weighted by atomic mass is 10.3. The van der Waals surface area contributed by atoms with E-state index in [0.717, 1.165) is 36.6 Å². The fraction of sp³-hybridized carbons (Fsp3) is 0.500. The van der Waals surface area contributed by atoms with Crippen LogP contribution in [0.2, 0.25) is 0 Å². The Morgan fingerprint density at radius 3 is 2.77 bits per heavy atom.